The van der Waals surface area contributed by atoms with Gasteiger partial charge in [-0.05, 0) is 68.7 Å². The van der Waals surface area contributed by atoms with Crippen LogP contribution in [0, 0.1) is 0 Å². The summed E-state index contributed by atoms with van der Waals surface area (Å²) in [5, 5.41) is 9.15. The standard InChI is InChI=1S/C22H20ClN3O2.ClH/c1-26(2)15-17-14-20(25-24-19-10-8-18(23)9-11-19)12-13-21(17)28-22(27)16-6-4-3-5-7-16;/h3-14H,15H2,1-2H3;1H. The number of azo groups is 1. The molecule has 0 N–H and O–H groups in total. The largest absolute Gasteiger partial charge is 0.423 e. The highest BCUT2D eigenvalue weighted by Gasteiger charge is 2.13. The molecule has 0 atom stereocenters. The average Bonchev–Trinajstić information content (AvgIpc) is 2.69. The Kier molecular flexibility index (Phi) is 8.34. The van der Waals surface area contributed by atoms with Gasteiger partial charge in [0.2, 0.25) is 0 Å². The highest BCUT2D eigenvalue weighted by Crippen LogP contribution is 2.28. The molecule has 0 saturated carbocycles. The first-order valence-electron chi connectivity index (χ1n) is 8.73. The van der Waals surface area contributed by atoms with Crippen LogP contribution in [0.4, 0.5) is 11.4 Å². The second-order valence-electron chi connectivity index (χ2n) is 6.46. The van der Waals surface area contributed by atoms with Crippen LogP contribution in [0.5, 0.6) is 5.75 Å². The van der Waals surface area contributed by atoms with E-state index >= 15 is 0 Å². The van der Waals surface area contributed by atoms with E-state index in [9.17, 15) is 4.79 Å². The first-order chi connectivity index (χ1) is 13.5. The molecule has 0 heterocycles. The fraction of sp³-hybridized carbons (Fsp3) is 0.136. The van der Waals surface area contributed by atoms with Crippen molar-refractivity contribution in [2.24, 2.45) is 10.2 Å². The van der Waals surface area contributed by atoms with Gasteiger partial charge in [-0.1, -0.05) is 29.8 Å². The minimum atomic E-state index is -0.392. The molecule has 0 fully saturated rings. The number of carbonyl (C=O) groups excluding carboxylic acids is 1. The Balaban J connectivity index is 0.00000300. The predicted octanol–water partition coefficient (Wildman–Crippen LogP) is 6.46. The zero-order valence-electron chi connectivity index (χ0n) is 16.1. The Morgan fingerprint density at radius 3 is 2.21 bits per heavy atom. The topological polar surface area (TPSA) is 54.3 Å². The molecule has 0 aliphatic carbocycles. The molecule has 3 rings (SSSR count). The lowest BCUT2D eigenvalue weighted by Gasteiger charge is -2.14. The van der Waals surface area contributed by atoms with Gasteiger partial charge in [-0.15, -0.1) is 12.4 Å². The summed E-state index contributed by atoms with van der Waals surface area (Å²) in [5.74, 6) is 0.115. The quantitative estimate of drug-likeness (QED) is 0.256. The van der Waals surface area contributed by atoms with E-state index in [2.05, 4.69) is 10.2 Å². The SMILES string of the molecule is CN(C)Cc1cc(N=Nc2ccc(Cl)cc2)ccc1OC(=O)c1ccccc1.Cl. The van der Waals surface area contributed by atoms with E-state index in [1.807, 2.05) is 31.1 Å². The zero-order chi connectivity index (χ0) is 19.9. The monoisotopic (exact) mass is 429 g/mol. The van der Waals surface area contributed by atoms with Crippen LogP contribution in [0.1, 0.15) is 15.9 Å². The van der Waals surface area contributed by atoms with Crippen LogP contribution in [0.3, 0.4) is 0 Å². The number of hydrogen-bond donors (Lipinski definition) is 0. The van der Waals surface area contributed by atoms with Crippen molar-refractivity contribution in [2.75, 3.05) is 14.1 Å². The van der Waals surface area contributed by atoms with Crippen molar-refractivity contribution in [3.8, 4) is 5.75 Å². The molecule has 5 nitrogen and oxygen atoms in total. The van der Waals surface area contributed by atoms with E-state index in [1.165, 1.54) is 0 Å². The number of benzene rings is 3. The molecule has 0 spiro atoms. The Bertz CT molecular complexity index is 975. The maximum absolute atomic E-state index is 12.4. The van der Waals surface area contributed by atoms with E-state index in [-0.39, 0.29) is 12.4 Å². The van der Waals surface area contributed by atoms with Crippen LogP contribution in [-0.4, -0.2) is 25.0 Å². The molecule has 3 aromatic rings. The number of ether oxygens (including phenoxy) is 1. The van der Waals surface area contributed by atoms with Crippen LogP contribution < -0.4 is 4.74 Å². The van der Waals surface area contributed by atoms with Crippen LogP contribution in [0.15, 0.2) is 83.0 Å². The van der Waals surface area contributed by atoms with Crippen LogP contribution >= 0.6 is 24.0 Å². The summed E-state index contributed by atoms with van der Waals surface area (Å²) in [7, 11) is 3.90. The molecule has 0 aliphatic rings. The molecule has 0 amide bonds. The van der Waals surface area contributed by atoms with Crippen molar-refractivity contribution in [2.45, 2.75) is 6.54 Å². The van der Waals surface area contributed by atoms with E-state index in [0.29, 0.717) is 34.3 Å². The molecule has 0 aliphatic heterocycles. The third kappa shape index (κ3) is 6.68. The smallest absolute Gasteiger partial charge is 0.343 e. The number of hydrogen-bond acceptors (Lipinski definition) is 5. The molecule has 7 heteroatoms. The summed E-state index contributed by atoms with van der Waals surface area (Å²) in [4.78, 5) is 14.4. The highest BCUT2D eigenvalue weighted by molar-refractivity contribution is 6.30. The summed E-state index contributed by atoms with van der Waals surface area (Å²) in [6, 6.07) is 21.4. The molecular formula is C22H21Cl2N3O2. The average molecular weight is 430 g/mol. The second-order valence-corrected chi connectivity index (χ2v) is 6.90. The minimum Gasteiger partial charge on any atom is -0.423 e. The van der Waals surface area contributed by atoms with Crippen molar-refractivity contribution in [1.82, 2.24) is 4.90 Å². The third-order valence-electron chi connectivity index (χ3n) is 3.85. The van der Waals surface area contributed by atoms with E-state index < -0.39 is 5.97 Å². The van der Waals surface area contributed by atoms with Gasteiger partial charge in [0.05, 0.1) is 16.9 Å². The van der Waals surface area contributed by atoms with Crippen LogP contribution in [-0.2, 0) is 6.54 Å². The Hall–Kier alpha value is -2.73. The summed E-state index contributed by atoms with van der Waals surface area (Å²) in [5.41, 5.74) is 2.73. The Labute approximate surface area is 181 Å². The third-order valence-corrected chi connectivity index (χ3v) is 4.10. The normalized spacial score (nSPS) is 10.8. The lowest BCUT2D eigenvalue weighted by molar-refractivity contribution is 0.0732. The van der Waals surface area contributed by atoms with Crippen molar-refractivity contribution in [3.05, 3.63) is 88.9 Å². The molecule has 0 aromatic heterocycles. The number of rotatable bonds is 6. The fourth-order valence-corrected chi connectivity index (χ4v) is 2.67. The predicted molar refractivity (Wildman–Crippen MR) is 118 cm³/mol. The maximum atomic E-state index is 12.4. The molecule has 0 radical (unpaired) electrons. The van der Waals surface area contributed by atoms with Gasteiger partial charge in [-0.2, -0.15) is 10.2 Å². The molecule has 150 valence electrons. The van der Waals surface area contributed by atoms with E-state index in [0.717, 1.165) is 5.56 Å². The van der Waals surface area contributed by atoms with Gasteiger partial charge in [-0.25, -0.2) is 4.79 Å². The first kappa shape index (κ1) is 22.6. The van der Waals surface area contributed by atoms with Crippen molar-refractivity contribution >= 4 is 41.4 Å². The number of carbonyl (C=O) groups is 1. The van der Waals surface area contributed by atoms with E-state index in [1.54, 1.807) is 60.7 Å². The van der Waals surface area contributed by atoms with Gasteiger partial charge in [0.25, 0.3) is 0 Å². The highest BCUT2D eigenvalue weighted by atomic mass is 35.5. The molecular weight excluding hydrogens is 409 g/mol. The first-order valence-corrected chi connectivity index (χ1v) is 9.11. The number of nitrogens with zero attached hydrogens (tertiary/aromatic N) is 3. The zero-order valence-corrected chi connectivity index (χ0v) is 17.7. The van der Waals surface area contributed by atoms with Crippen molar-refractivity contribution in [1.29, 1.82) is 0 Å². The van der Waals surface area contributed by atoms with Gasteiger partial charge < -0.3 is 9.64 Å². The van der Waals surface area contributed by atoms with Gasteiger partial charge in [0.1, 0.15) is 5.75 Å². The fourth-order valence-electron chi connectivity index (χ4n) is 2.55. The molecule has 29 heavy (non-hydrogen) atoms. The lowest BCUT2D eigenvalue weighted by atomic mass is 10.1. The van der Waals surface area contributed by atoms with Gasteiger partial charge in [0, 0.05) is 17.1 Å². The molecule has 0 saturated heterocycles. The summed E-state index contributed by atoms with van der Waals surface area (Å²) < 4.78 is 5.61. The Morgan fingerprint density at radius 2 is 1.55 bits per heavy atom. The maximum Gasteiger partial charge on any atom is 0.343 e. The Morgan fingerprint density at radius 1 is 0.931 bits per heavy atom. The molecule has 0 unspecified atom stereocenters. The summed E-state index contributed by atoms with van der Waals surface area (Å²) in [6.45, 7) is 0.599. The van der Waals surface area contributed by atoms with Crippen LogP contribution in [0.2, 0.25) is 5.02 Å². The van der Waals surface area contributed by atoms with E-state index in [4.69, 9.17) is 16.3 Å². The van der Waals surface area contributed by atoms with Gasteiger partial charge in [-0.3, -0.25) is 0 Å². The molecule has 3 aromatic carbocycles. The van der Waals surface area contributed by atoms with Gasteiger partial charge in [0.15, 0.2) is 0 Å². The minimum absolute atomic E-state index is 0. The number of halogens is 2. The lowest BCUT2D eigenvalue weighted by Crippen LogP contribution is -2.14. The second kappa shape index (κ2) is 10.7. The van der Waals surface area contributed by atoms with Crippen LogP contribution in [0.25, 0.3) is 0 Å². The summed E-state index contributed by atoms with van der Waals surface area (Å²) in [6.07, 6.45) is 0. The van der Waals surface area contributed by atoms with Crippen molar-refractivity contribution in [3.63, 3.8) is 0 Å². The molecule has 0 bridgehead atoms. The summed E-state index contributed by atoms with van der Waals surface area (Å²) >= 11 is 5.88. The van der Waals surface area contributed by atoms with Gasteiger partial charge >= 0.3 is 5.97 Å². The van der Waals surface area contributed by atoms with Crippen molar-refractivity contribution < 1.29 is 9.53 Å². The number of esters is 1.